The van der Waals surface area contributed by atoms with Crippen LogP contribution in [0.3, 0.4) is 0 Å². The largest absolute Gasteiger partial charge is 0.444 e. The fraction of sp³-hybridized carbons (Fsp3) is 0.556. The number of nitrogens with one attached hydrogen (secondary N) is 1. The van der Waals surface area contributed by atoms with Crippen LogP contribution >= 0.6 is 0 Å². The third-order valence-corrected chi connectivity index (χ3v) is 4.11. The summed E-state index contributed by atoms with van der Waals surface area (Å²) >= 11 is 0. The van der Waals surface area contributed by atoms with Crippen molar-refractivity contribution in [3.63, 3.8) is 0 Å². The Morgan fingerprint density at radius 2 is 2.08 bits per heavy atom. The Labute approximate surface area is 142 Å². The number of fused-ring (bicyclic) bond motifs is 1. The van der Waals surface area contributed by atoms with E-state index in [0.29, 0.717) is 19.7 Å². The second-order valence-corrected chi connectivity index (χ2v) is 7.27. The van der Waals surface area contributed by atoms with Crippen molar-refractivity contribution in [1.29, 1.82) is 0 Å². The van der Waals surface area contributed by atoms with Crippen molar-refractivity contribution in [3.8, 4) is 0 Å². The Balaban J connectivity index is 1.70. The number of anilines is 1. The zero-order chi connectivity index (χ0) is 17.3. The molecule has 0 bridgehead atoms. The topological polar surface area (TPSA) is 67.9 Å². The van der Waals surface area contributed by atoms with Gasteiger partial charge in [-0.2, -0.15) is 0 Å². The van der Waals surface area contributed by atoms with Crippen molar-refractivity contribution < 1.29 is 19.1 Å². The van der Waals surface area contributed by atoms with Gasteiger partial charge in [-0.15, -0.1) is 0 Å². The molecule has 1 aromatic carbocycles. The zero-order valence-electron chi connectivity index (χ0n) is 14.4. The van der Waals surface area contributed by atoms with Crippen LogP contribution in [0.4, 0.5) is 10.5 Å². The highest BCUT2D eigenvalue weighted by molar-refractivity contribution is 5.95. The van der Waals surface area contributed by atoms with Gasteiger partial charge in [-0.3, -0.25) is 9.69 Å². The van der Waals surface area contributed by atoms with Crippen LogP contribution in [0.25, 0.3) is 0 Å². The summed E-state index contributed by atoms with van der Waals surface area (Å²) in [6.07, 6.45) is 0.960. The van der Waals surface area contributed by atoms with E-state index in [4.69, 9.17) is 9.47 Å². The zero-order valence-corrected chi connectivity index (χ0v) is 14.4. The molecule has 130 valence electrons. The Bertz CT molecular complexity index is 645. The van der Waals surface area contributed by atoms with Crippen LogP contribution in [0, 0.1) is 0 Å². The minimum Gasteiger partial charge on any atom is -0.444 e. The van der Waals surface area contributed by atoms with E-state index in [-0.39, 0.29) is 18.1 Å². The van der Waals surface area contributed by atoms with E-state index in [9.17, 15) is 9.59 Å². The maximum Gasteiger partial charge on any atom is 0.410 e. The van der Waals surface area contributed by atoms with E-state index in [0.717, 1.165) is 29.7 Å². The Hall–Kier alpha value is -2.08. The molecule has 2 amide bonds. The van der Waals surface area contributed by atoms with Crippen molar-refractivity contribution in [3.05, 3.63) is 29.3 Å². The van der Waals surface area contributed by atoms with Gasteiger partial charge in [0.15, 0.2) is 0 Å². The lowest BCUT2D eigenvalue weighted by molar-refractivity contribution is -0.124. The smallest absolute Gasteiger partial charge is 0.410 e. The van der Waals surface area contributed by atoms with Crippen molar-refractivity contribution in [2.75, 3.05) is 11.9 Å². The van der Waals surface area contributed by atoms with Crippen LogP contribution in [0.15, 0.2) is 18.2 Å². The first-order chi connectivity index (χ1) is 11.3. The number of nitrogens with zero attached hydrogens (tertiary/aromatic N) is 1. The number of rotatable bonds is 2. The first-order valence-electron chi connectivity index (χ1n) is 8.34. The molecule has 0 spiro atoms. The monoisotopic (exact) mass is 332 g/mol. The highest BCUT2D eigenvalue weighted by atomic mass is 16.6. The highest BCUT2D eigenvalue weighted by Crippen LogP contribution is 2.31. The molecule has 6 heteroatoms. The molecule has 0 aliphatic carbocycles. The summed E-state index contributed by atoms with van der Waals surface area (Å²) in [5.74, 6) is -0.114. The molecule has 6 nitrogen and oxygen atoms in total. The summed E-state index contributed by atoms with van der Waals surface area (Å²) in [7, 11) is 0. The summed E-state index contributed by atoms with van der Waals surface area (Å²) in [5, 5.41) is 2.95. The summed E-state index contributed by atoms with van der Waals surface area (Å²) in [5.41, 5.74) is 2.22. The van der Waals surface area contributed by atoms with Crippen LogP contribution in [-0.2, 0) is 27.4 Å². The van der Waals surface area contributed by atoms with E-state index in [2.05, 4.69) is 5.32 Å². The summed E-state index contributed by atoms with van der Waals surface area (Å²) in [4.78, 5) is 26.2. The SMILES string of the molecule is CC(C)(C)OC(=O)N1Cc2cccc(NC(=O)[C@H]3CCCO3)c2C1. The maximum atomic E-state index is 12.3. The molecular formula is C18H24N2O4. The third-order valence-electron chi connectivity index (χ3n) is 4.11. The van der Waals surface area contributed by atoms with E-state index in [1.807, 2.05) is 39.0 Å². The normalized spacial score (nSPS) is 20.0. The van der Waals surface area contributed by atoms with Gasteiger partial charge in [-0.1, -0.05) is 12.1 Å². The summed E-state index contributed by atoms with van der Waals surface area (Å²) < 4.78 is 10.9. The summed E-state index contributed by atoms with van der Waals surface area (Å²) in [6.45, 7) is 7.11. The quantitative estimate of drug-likeness (QED) is 0.904. The molecule has 0 unspecified atom stereocenters. The Morgan fingerprint density at radius 1 is 1.29 bits per heavy atom. The number of hydrogen-bond acceptors (Lipinski definition) is 4. The minimum atomic E-state index is -0.525. The molecule has 0 aromatic heterocycles. The van der Waals surface area contributed by atoms with Crippen molar-refractivity contribution in [2.24, 2.45) is 0 Å². The second-order valence-electron chi connectivity index (χ2n) is 7.27. The average molecular weight is 332 g/mol. The molecule has 1 fully saturated rings. The van der Waals surface area contributed by atoms with Crippen LogP contribution in [-0.4, -0.2) is 35.2 Å². The van der Waals surface area contributed by atoms with Gasteiger partial charge in [0, 0.05) is 24.4 Å². The van der Waals surface area contributed by atoms with E-state index in [1.54, 1.807) is 4.90 Å². The van der Waals surface area contributed by atoms with Gasteiger partial charge in [-0.05, 0) is 45.2 Å². The van der Waals surface area contributed by atoms with E-state index >= 15 is 0 Å². The molecule has 1 saturated heterocycles. The van der Waals surface area contributed by atoms with Gasteiger partial charge < -0.3 is 14.8 Å². The van der Waals surface area contributed by atoms with Crippen molar-refractivity contribution in [2.45, 2.75) is 58.4 Å². The maximum absolute atomic E-state index is 12.3. The number of carbonyl (C=O) groups excluding carboxylic acids is 2. The standard InChI is InChI=1S/C18H24N2O4/c1-18(2,3)24-17(22)20-10-12-6-4-7-14(13(12)11-20)19-16(21)15-8-5-9-23-15/h4,6-7,15H,5,8-11H2,1-3H3,(H,19,21)/t15-/m1/s1. The molecule has 2 heterocycles. The molecule has 0 radical (unpaired) electrons. The van der Waals surface area contributed by atoms with Gasteiger partial charge in [0.2, 0.25) is 0 Å². The minimum absolute atomic E-state index is 0.114. The highest BCUT2D eigenvalue weighted by Gasteiger charge is 2.30. The predicted molar refractivity (Wildman–Crippen MR) is 89.5 cm³/mol. The van der Waals surface area contributed by atoms with E-state index in [1.165, 1.54) is 0 Å². The Kier molecular flexibility index (Phi) is 4.49. The van der Waals surface area contributed by atoms with Crippen molar-refractivity contribution in [1.82, 2.24) is 4.90 Å². The number of amides is 2. The molecular weight excluding hydrogens is 308 g/mol. The summed E-state index contributed by atoms with van der Waals surface area (Å²) in [6, 6.07) is 5.73. The van der Waals surface area contributed by atoms with Crippen LogP contribution in [0.1, 0.15) is 44.7 Å². The van der Waals surface area contributed by atoms with Gasteiger partial charge >= 0.3 is 6.09 Å². The van der Waals surface area contributed by atoms with Crippen LogP contribution in [0.2, 0.25) is 0 Å². The van der Waals surface area contributed by atoms with Gasteiger partial charge in [0.05, 0.1) is 6.54 Å². The lowest BCUT2D eigenvalue weighted by Crippen LogP contribution is -2.33. The number of benzene rings is 1. The molecule has 2 aliphatic heterocycles. The van der Waals surface area contributed by atoms with Crippen molar-refractivity contribution >= 4 is 17.7 Å². The molecule has 1 N–H and O–H groups in total. The molecule has 0 saturated carbocycles. The molecule has 24 heavy (non-hydrogen) atoms. The lowest BCUT2D eigenvalue weighted by atomic mass is 10.1. The second kappa shape index (κ2) is 6.43. The number of hydrogen-bond donors (Lipinski definition) is 1. The third kappa shape index (κ3) is 3.70. The molecule has 1 aromatic rings. The molecule has 1 atom stereocenters. The molecule has 2 aliphatic rings. The first kappa shape index (κ1) is 16.8. The molecule has 3 rings (SSSR count). The van der Waals surface area contributed by atoms with Gasteiger partial charge in [-0.25, -0.2) is 4.79 Å². The lowest BCUT2D eigenvalue weighted by Gasteiger charge is -2.24. The first-order valence-corrected chi connectivity index (χ1v) is 8.34. The van der Waals surface area contributed by atoms with Gasteiger partial charge in [0.1, 0.15) is 11.7 Å². The van der Waals surface area contributed by atoms with Gasteiger partial charge in [0.25, 0.3) is 5.91 Å². The predicted octanol–water partition coefficient (Wildman–Crippen LogP) is 3.05. The average Bonchev–Trinajstić information content (AvgIpc) is 3.15. The van der Waals surface area contributed by atoms with Crippen LogP contribution < -0.4 is 5.32 Å². The Morgan fingerprint density at radius 3 is 2.75 bits per heavy atom. The fourth-order valence-corrected chi connectivity index (χ4v) is 2.99. The van der Waals surface area contributed by atoms with Crippen LogP contribution in [0.5, 0.6) is 0 Å². The number of ether oxygens (including phenoxy) is 2. The number of carbonyl (C=O) groups is 2. The van der Waals surface area contributed by atoms with E-state index < -0.39 is 5.60 Å². The fourth-order valence-electron chi connectivity index (χ4n) is 2.99.